The molecule has 1 N–H and O–H groups in total. The molecule has 1 heterocycles. The maximum absolute atomic E-state index is 12.6. The lowest BCUT2D eigenvalue weighted by Crippen LogP contribution is -2.26. The monoisotopic (exact) mass is 389 g/mol. The van der Waals surface area contributed by atoms with Crippen LogP contribution in [0.1, 0.15) is 12.0 Å². The number of ketones is 1. The van der Waals surface area contributed by atoms with Crippen molar-refractivity contribution in [1.82, 2.24) is 4.98 Å². The molecule has 138 valence electrons. The third kappa shape index (κ3) is 5.01. The van der Waals surface area contributed by atoms with E-state index in [4.69, 9.17) is 0 Å². The number of hydrogen-bond donors (Lipinski definition) is 1. The predicted octanol–water partition coefficient (Wildman–Crippen LogP) is 5.15. The fraction of sp³-hybridized carbons (Fsp3) is 0.105. The number of Topliss-reactive ketones (excluding diaryl/α,β-unsaturated/α-hetero) is 1. The van der Waals surface area contributed by atoms with Crippen LogP contribution in [0.15, 0.2) is 71.1 Å². The number of thiazole rings is 1. The fourth-order valence-corrected chi connectivity index (χ4v) is 2.93. The Morgan fingerprint density at radius 1 is 1.04 bits per heavy atom. The molecular weight excluding hydrogens is 375 g/mol. The minimum absolute atomic E-state index is 0.00520. The van der Waals surface area contributed by atoms with Crippen LogP contribution >= 0.6 is 11.3 Å². The Kier molecular flexibility index (Phi) is 5.66. The predicted molar refractivity (Wildman–Crippen MR) is 99.8 cm³/mol. The van der Waals surface area contributed by atoms with Gasteiger partial charge in [0.2, 0.25) is 10.9 Å². The van der Waals surface area contributed by atoms with Gasteiger partial charge >= 0.3 is 6.18 Å². The fourth-order valence-electron chi connectivity index (χ4n) is 2.27. The lowest BCUT2D eigenvalue weighted by molar-refractivity contribution is -0.169. The van der Waals surface area contributed by atoms with Gasteiger partial charge in [-0.25, -0.2) is 4.98 Å². The number of carbonyl (C=O) groups is 1. The first kappa shape index (κ1) is 18.8. The molecule has 0 saturated carbocycles. The quantitative estimate of drug-likeness (QED) is 0.469. The van der Waals surface area contributed by atoms with Crippen LogP contribution in [0.2, 0.25) is 0 Å². The molecule has 0 unspecified atom stereocenters. The molecule has 1 aromatic heterocycles. The second-order valence-corrected chi connectivity index (χ2v) is 6.40. The molecule has 0 amide bonds. The zero-order valence-corrected chi connectivity index (χ0v) is 14.7. The molecule has 0 radical (unpaired) electrons. The average Bonchev–Trinajstić information content (AvgIpc) is 3.14. The van der Waals surface area contributed by atoms with Gasteiger partial charge in [0.05, 0.1) is 17.8 Å². The summed E-state index contributed by atoms with van der Waals surface area (Å²) in [4.78, 5) is 15.8. The highest BCUT2D eigenvalue weighted by Gasteiger charge is 2.38. The lowest BCUT2D eigenvalue weighted by atomic mass is 10.1. The lowest BCUT2D eigenvalue weighted by Gasteiger charge is -2.08. The normalized spacial score (nSPS) is 12.0. The number of carbonyl (C=O) groups excluding carboxylic acids is 1. The average molecular weight is 389 g/mol. The van der Waals surface area contributed by atoms with Gasteiger partial charge in [0.25, 0.3) is 0 Å². The smallest absolute Gasteiger partial charge is 0.289 e. The molecule has 0 bridgehead atoms. The van der Waals surface area contributed by atoms with Crippen molar-refractivity contribution in [2.24, 2.45) is 5.10 Å². The molecule has 0 saturated heterocycles. The van der Waals surface area contributed by atoms with E-state index in [1.807, 2.05) is 35.7 Å². The van der Waals surface area contributed by atoms with Gasteiger partial charge in [-0.05, 0) is 5.56 Å². The van der Waals surface area contributed by atoms with Gasteiger partial charge < -0.3 is 0 Å². The zero-order valence-electron chi connectivity index (χ0n) is 13.9. The Bertz CT molecular complexity index is 938. The number of halogens is 3. The van der Waals surface area contributed by atoms with E-state index in [0.717, 1.165) is 11.3 Å². The van der Waals surface area contributed by atoms with E-state index >= 15 is 0 Å². The molecule has 0 fully saturated rings. The maximum Gasteiger partial charge on any atom is 0.450 e. The van der Waals surface area contributed by atoms with E-state index < -0.39 is 18.4 Å². The third-order valence-electron chi connectivity index (χ3n) is 3.61. The van der Waals surface area contributed by atoms with E-state index in [0.29, 0.717) is 10.7 Å². The van der Waals surface area contributed by atoms with Crippen molar-refractivity contribution in [3.63, 3.8) is 0 Å². The number of benzene rings is 2. The number of nitrogens with zero attached hydrogens (tertiary/aromatic N) is 2. The first-order chi connectivity index (χ1) is 12.9. The van der Waals surface area contributed by atoms with Crippen molar-refractivity contribution in [2.45, 2.75) is 12.6 Å². The minimum atomic E-state index is -4.91. The molecule has 3 rings (SSSR count). The van der Waals surface area contributed by atoms with E-state index in [-0.39, 0.29) is 5.71 Å². The first-order valence-corrected chi connectivity index (χ1v) is 8.80. The Morgan fingerprint density at radius 3 is 2.30 bits per heavy atom. The van der Waals surface area contributed by atoms with Crippen LogP contribution in [-0.4, -0.2) is 22.7 Å². The van der Waals surface area contributed by atoms with E-state index in [9.17, 15) is 18.0 Å². The minimum Gasteiger partial charge on any atom is -0.289 e. The van der Waals surface area contributed by atoms with E-state index in [1.165, 1.54) is 11.3 Å². The second-order valence-electron chi connectivity index (χ2n) is 5.54. The highest BCUT2D eigenvalue weighted by Crippen LogP contribution is 2.25. The molecule has 0 atom stereocenters. The Hall–Kier alpha value is -3.00. The molecule has 0 spiro atoms. The van der Waals surface area contributed by atoms with Crippen LogP contribution in [0, 0.1) is 0 Å². The molecule has 0 aliphatic carbocycles. The van der Waals surface area contributed by atoms with Crippen molar-refractivity contribution in [2.75, 3.05) is 5.43 Å². The Labute approximate surface area is 157 Å². The topological polar surface area (TPSA) is 54.4 Å². The van der Waals surface area contributed by atoms with Crippen molar-refractivity contribution >= 4 is 28.0 Å². The highest BCUT2D eigenvalue weighted by atomic mass is 32.1. The molecule has 4 nitrogen and oxygen atoms in total. The van der Waals surface area contributed by atoms with Crippen LogP contribution < -0.4 is 5.43 Å². The van der Waals surface area contributed by atoms with Crippen molar-refractivity contribution in [3.8, 4) is 11.3 Å². The van der Waals surface area contributed by atoms with Crippen molar-refractivity contribution in [3.05, 3.63) is 71.6 Å². The largest absolute Gasteiger partial charge is 0.450 e. The zero-order chi connectivity index (χ0) is 19.3. The number of alkyl halides is 3. The number of nitrogens with one attached hydrogen (secondary N) is 1. The number of anilines is 1. The summed E-state index contributed by atoms with van der Waals surface area (Å²) in [5.41, 5.74) is 4.74. The van der Waals surface area contributed by atoms with Crippen LogP contribution in [0.25, 0.3) is 11.3 Å². The SMILES string of the molecule is O=C(C/C(=N\Nc1nc(-c2ccccc2)cs1)c1ccccc1)C(F)(F)F. The molecule has 27 heavy (non-hydrogen) atoms. The van der Waals surface area contributed by atoms with E-state index in [2.05, 4.69) is 15.5 Å². The van der Waals surface area contributed by atoms with Gasteiger partial charge in [0, 0.05) is 10.9 Å². The summed E-state index contributed by atoms with van der Waals surface area (Å²) >= 11 is 1.27. The summed E-state index contributed by atoms with van der Waals surface area (Å²) in [6, 6.07) is 17.7. The summed E-state index contributed by atoms with van der Waals surface area (Å²) < 4.78 is 37.9. The van der Waals surface area contributed by atoms with Gasteiger partial charge in [-0.3, -0.25) is 10.2 Å². The van der Waals surface area contributed by atoms with Crippen LogP contribution in [0.3, 0.4) is 0 Å². The number of rotatable bonds is 6. The van der Waals surface area contributed by atoms with Gasteiger partial charge in [0.15, 0.2) is 0 Å². The summed E-state index contributed by atoms with van der Waals surface area (Å²) in [6.45, 7) is 0. The third-order valence-corrected chi connectivity index (χ3v) is 4.36. The van der Waals surface area contributed by atoms with Crippen molar-refractivity contribution in [1.29, 1.82) is 0 Å². The van der Waals surface area contributed by atoms with Crippen LogP contribution in [0.5, 0.6) is 0 Å². The Balaban J connectivity index is 1.82. The molecule has 2 aromatic carbocycles. The second kappa shape index (κ2) is 8.13. The summed E-state index contributed by atoms with van der Waals surface area (Å²) in [7, 11) is 0. The molecule has 8 heteroatoms. The van der Waals surface area contributed by atoms with Gasteiger partial charge in [-0.1, -0.05) is 60.7 Å². The van der Waals surface area contributed by atoms with Crippen LogP contribution in [0.4, 0.5) is 18.3 Å². The van der Waals surface area contributed by atoms with Gasteiger partial charge in [0.1, 0.15) is 0 Å². The molecule has 3 aromatic rings. The van der Waals surface area contributed by atoms with Gasteiger partial charge in [-0.2, -0.15) is 18.3 Å². The standard InChI is InChI=1S/C19H14F3N3OS/c20-19(21,22)17(26)11-15(13-7-3-1-4-8-13)24-25-18-23-16(12-27-18)14-9-5-2-6-10-14/h1-10,12H,11H2,(H,23,25)/b24-15+. The maximum atomic E-state index is 12.6. The van der Waals surface area contributed by atoms with Crippen molar-refractivity contribution < 1.29 is 18.0 Å². The van der Waals surface area contributed by atoms with Gasteiger partial charge in [-0.15, -0.1) is 11.3 Å². The molecule has 0 aliphatic heterocycles. The number of hydrogen-bond acceptors (Lipinski definition) is 5. The highest BCUT2D eigenvalue weighted by molar-refractivity contribution is 7.14. The Morgan fingerprint density at radius 2 is 1.67 bits per heavy atom. The summed E-state index contributed by atoms with van der Waals surface area (Å²) in [6.07, 6.45) is -5.76. The molecule has 0 aliphatic rings. The molecular formula is C19H14F3N3OS. The van der Waals surface area contributed by atoms with E-state index in [1.54, 1.807) is 30.3 Å². The summed E-state index contributed by atoms with van der Waals surface area (Å²) in [5.74, 6) is -1.85. The summed E-state index contributed by atoms with van der Waals surface area (Å²) in [5, 5.41) is 6.25. The van der Waals surface area contributed by atoms with Crippen LogP contribution in [-0.2, 0) is 4.79 Å². The number of aromatic nitrogens is 1. The first-order valence-electron chi connectivity index (χ1n) is 7.92. The number of hydrazone groups is 1.